The Hall–Kier alpha value is -1.58. The van der Waals surface area contributed by atoms with Gasteiger partial charge in [-0.05, 0) is 37.3 Å². The highest BCUT2D eigenvalue weighted by atomic mass is 16.2. The van der Waals surface area contributed by atoms with Gasteiger partial charge in [-0.1, -0.05) is 13.0 Å². The van der Waals surface area contributed by atoms with Gasteiger partial charge in [0.05, 0.1) is 6.04 Å². The quantitative estimate of drug-likeness (QED) is 0.873. The molecule has 1 unspecified atom stereocenters. The Labute approximate surface area is 108 Å². The molecule has 0 bridgehead atoms. The number of amides is 2. The second-order valence-corrected chi connectivity index (χ2v) is 5.13. The van der Waals surface area contributed by atoms with E-state index in [1.165, 1.54) is 0 Å². The number of urea groups is 1. The molecule has 1 N–H and O–H groups in total. The average Bonchev–Trinajstić information content (AvgIpc) is 2.40. The molecule has 18 heavy (non-hydrogen) atoms. The van der Waals surface area contributed by atoms with E-state index in [0.29, 0.717) is 0 Å². The number of pyridine rings is 1. The summed E-state index contributed by atoms with van der Waals surface area (Å²) in [6.07, 6.45) is 5.75. The number of aromatic nitrogens is 1. The molecule has 0 spiro atoms. The topological polar surface area (TPSA) is 45.2 Å². The number of nitrogens with zero attached hydrogens (tertiary/aromatic N) is 2. The van der Waals surface area contributed by atoms with Crippen LogP contribution in [-0.4, -0.2) is 29.0 Å². The molecule has 1 aromatic heterocycles. The Bertz CT molecular complexity index is 385. The van der Waals surface area contributed by atoms with E-state index in [2.05, 4.69) is 17.2 Å². The highest BCUT2D eigenvalue weighted by molar-refractivity contribution is 5.74. The average molecular weight is 247 g/mol. The summed E-state index contributed by atoms with van der Waals surface area (Å²) >= 11 is 0. The van der Waals surface area contributed by atoms with Crippen molar-refractivity contribution in [1.29, 1.82) is 0 Å². The number of hydrogen-bond donors (Lipinski definition) is 1. The van der Waals surface area contributed by atoms with Crippen LogP contribution in [0.1, 0.15) is 38.3 Å². The largest absolute Gasteiger partial charge is 0.331 e. The minimum atomic E-state index is 0.00514. The summed E-state index contributed by atoms with van der Waals surface area (Å²) in [7, 11) is 0. The van der Waals surface area contributed by atoms with Crippen molar-refractivity contribution in [2.75, 3.05) is 13.1 Å². The van der Waals surface area contributed by atoms with Crippen LogP contribution in [-0.2, 0) is 0 Å². The Morgan fingerprint density at radius 1 is 1.50 bits per heavy atom. The van der Waals surface area contributed by atoms with Gasteiger partial charge in [0.25, 0.3) is 0 Å². The van der Waals surface area contributed by atoms with Gasteiger partial charge in [0.15, 0.2) is 0 Å². The van der Waals surface area contributed by atoms with Crippen LogP contribution in [0.25, 0.3) is 0 Å². The van der Waals surface area contributed by atoms with Gasteiger partial charge >= 0.3 is 6.03 Å². The van der Waals surface area contributed by atoms with Gasteiger partial charge in [-0.3, -0.25) is 4.98 Å². The van der Waals surface area contributed by atoms with Crippen LogP contribution in [0.3, 0.4) is 0 Å². The molecular formula is C14H21N3O. The predicted molar refractivity (Wildman–Crippen MR) is 71.2 cm³/mol. The number of piperidine rings is 1. The van der Waals surface area contributed by atoms with Gasteiger partial charge < -0.3 is 10.2 Å². The van der Waals surface area contributed by atoms with Crippen LogP contribution in [0, 0.1) is 5.92 Å². The van der Waals surface area contributed by atoms with Crippen molar-refractivity contribution < 1.29 is 4.79 Å². The number of carbonyl (C=O) groups is 1. The Morgan fingerprint density at radius 2 is 2.22 bits per heavy atom. The van der Waals surface area contributed by atoms with E-state index in [9.17, 15) is 4.79 Å². The smallest absolute Gasteiger partial charge is 0.317 e. The molecule has 1 fully saturated rings. The van der Waals surface area contributed by atoms with E-state index in [0.717, 1.165) is 37.4 Å². The molecule has 0 aliphatic carbocycles. The molecule has 4 heteroatoms. The van der Waals surface area contributed by atoms with Crippen molar-refractivity contribution in [3.63, 3.8) is 0 Å². The van der Waals surface area contributed by atoms with Crippen LogP contribution < -0.4 is 5.32 Å². The maximum atomic E-state index is 12.1. The molecule has 2 rings (SSSR count). The monoisotopic (exact) mass is 247 g/mol. The van der Waals surface area contributed by atoms with Gasteiger partial charge in [0.1, 0.15) is 0 Å². The Kier molecular flexibility index (Phi) is 4.18. The molecule has 0 aromatic carbocycles. The first kappa shape index (κ1) is 12.9. The molecular weight excluding hydrogens is 226 g/mol. The number of likely N-dealkylation sites (tertiary alicyclic amines) is 1. The zero-order chi connectivity index (χ0) is 13.0. The van der Waals surface area contributed by atoms with Gasteiger partial charge in [-0.25, -0.2) is 4.79 Å². The van der Waals surface area contributed by atoms with Crippen molar-refractivity contribution in [1.82, 2.24) is 15.2 Å². The van der Waals surface area contributed by atoms with Crippen molar-refractivity contribution >= 4 is 6.03 Å². The van der Waals surface area contributed by atoms with Crippen LogP contribution in [0.4, 0.5) is 4.79 Å². The number of rotatable bonds is 2. The lowest BCUT2D eigenvalue weighted by molar-refractivity contribution is 0.171. The van der Waals surface area contributed by atoms with Crippen molar-refractivity contribution in [3.8, 4) is 0 Å². The third-order valence-electron chi connectivity index (χ3n) is 3.60. The fourth-order valence-corrected chi connectivity index (χ4v) is 2.20. The first-order valence-electron chi connectivity index (χ1n) is 6.62. The fourth-order valence-electron chi connectivity index (χ4n) is 2.20. The fraction of sp³-hybridized carbons (Fsp3) is 0.571. The molecule has 2 heterocycles. The minimum absolute atomic E-state index is 0.00514. The Morgan fingerprint density at radius 3 is 2.83 bits per heavy atom. The van der Waals surface area contributed by atoms with Gasteiger partial charge in [-0.15, -0.1) is 0 Å². The summed E-state index contributed by atoms with van der Waals surface area (Å²) in [5, 5.41) is 3.03. The molecule has 98 valence electrons. The van der Waals surface area contributed by atoms with Crippen molar-refractivity contribution in [2.24, 2.45) is 5.92 Å². The van der Waals surface area contributed by atoms with E-state index in [1.807, 2.05) is 24.0 Å². The normalized spacial score (nSPS) is 18.4. The summed E-state index contributed by atoms with van der Waals surface area (Å²) in [5.41, 5.74) is 1.04. The summed E-state index contributed by atoms with van der Waals surface area (Å²) in [4.78, 5) is 18.1. The van der Waals surface area contributed by atoms with Crippen molar-refractivity contribution in [3.05, 3.63) is 30.1 Å². The maximum Gasteiger partial charge on any atom is 0.317 e. The van der Waals surface area contributed by atoms with Crippen LogP contribution >= 0.6 is 0 Å². The van der Waals surface area contributed by atoms with Crippen LogP contribution in [0.2, 0.25) is 0 Å². The molecule has 0 saturated carbocycles. The molecule has 1 saturated heterocycles. The zero-order valence-electron chi connectivity index (χ0n) is 11.1. The molecule has 1 aromatic rings. The molecule has 1 atom stereocenters. The molecule has 1 aliphatic rings. The zero-order valence-corrected chi connectivity index (χ0v) is 11.1. The first-order chi connectivity index (χ1) is 8.66. The van der Waals surface area contributed by atoms with E-state index >= 15 is 0 Å². The lowest BCUT2D eigenvalue weighted by Gasteiger charge is -2.31. The minimum Gasteiger partial charge on any atom is -0.331 e. The predicted octanol–water partition coefficient (Wildman–Crippen LogP) is 2.58. The lowest BCUT2D eigenvalue weighted by atomic mass is 9.99. The Balaban J connectivity index is 1.87. The second kappa shape index (κ2) is 5.85. The van der Waals surface area contributed by atoms with Gasteiger partial charge in [0.2, 0.25) is 0 Å². The third-order valence-corrected chi connectivity index (χ3v) is 3.60. The summed E-state index contributed by atoms with van der Waals surface area (Å²) < 4.78 is 0. The van der Waals surface area contributed by atoms with Crippen LogP contribution in [0.5, 0.6) is 0 Å². The van der Waals surface area contributed by atoms with Gasteiger partial charge in [0, 0.05) is 25.5 Å². The lowest BCUT2D eigenvalue weighted by Crippen LogP contribution is -2.44. The number of carbonyl (C=O) groups excluding carboxylic acids is 1. The van der Waals surface area contributed by atoms with E-state index < -0.39 is 0 Å². The third kappa shape index (κ3) is 3.22. The number of hydrogen-bond acceptors (Lipinski definition) is 2. The van der Waals surface area contributed by atoms with E-state index in [1.54, 1.807) is 12.4 Å². The van der Waals surface area contributed by atoms with Gasteiger partial charge in [-0.2, -0.15) is 0 Å². The molecule has 0 radical (unpaired) electrons. The first-order valence-corrected chi connectivity index (χ1v) is 6.62. The molecule has 2 amide bonds. The second-order valence-electron chi connectivity index (χ2n) is 5.13. The maximum absolute atomic E-state index is 12.1. The van der Waals surface area contributed by atoms with E-state index in [-0.39, 0.29) is 12.1 Å². The standard InChI is InChI=1S/C14H21N3O/c1-11-5-8-17(9-6-11)14(18)16-12(2)13-4-3-7-15-10-13/h3-4,7,10-12H,5-6,8-9H2,1-2H3,(H,16,18). The van der Waals surface area contributed by atoms with E-state index in [4.69, 9.17) is 0 Å². The highest BCUT2D eigenvalue weighted by Gasteiger charge is 2.21. The molecule has 4 nitrogen and oxygen atoms in total. The molecule has 1 aliphatic heterocycles. The summed E-state index contributed by atoms with van der Waals surface area (Å²) in [5.74, 6) is 0.741. The van der Waals surface area contributed by atoms with Crippen molar-refractivity contribution in [2.45, 2.75) is 32.7 Å². The highest BCUT2D eigenvalue weighted by Crippen LogP contribution is 2.17. The summed E-state index contributed by atoms with van der Waals surface area (Å²) in [6.45, 7) is 5.97. The number of nitrogens with one attached hydrogen (secondary N) is 1. The van der Waals surface area contributed by atoms with Crippen LogP contribution in [0.15, 0.2) is 24.5 Å². The SMILES string of the molecule is CC1CCN(C(=O)NC(C)c2cccnc2)CC1. The summed E-state index contributed by atoms with van der Waals surface area (Å²) in [6, 6.07) is 3.92.